The average molecular weight is 296 g/mol. The van der Waals surface area contributed by atoms with Crippen LogP contribution in [0.5, 0.6) is 0 Å². The first-order valence-electron chi connectivity index (χ1n) is 7.15. The largest absolute Gasteiger partial charge is 0.378 e. The molecule has 0 bridgehead atoms. The molecule has 1 N–H and O–H groups in total. The first-order valence-corrected chi connectivity index (χ1v) is 7.53. The number of nitrogens with one attached hydrogen (secondary N) is 1. The Morgan fingerprint density at radius 3 is 2.57 bits per heavy atom. The third kappa shape index (κ3) is 2.88. The Balaban J connectivity index is 1.97. The maximum atomic E-state index is 6.10. The molecule has 0 aliphatic heterocycles. The highest BCUT2D eigenvalue weighted by Crippen LogP contribution is 2.29. The third-order valence-corrected chi connectivity index (χ3v) is 4.10. The lowest BCUT2D eigenvalue weighted by atomic mass is 9.99. The second-order valence-electron chi connectivity index (χ2n) is 5.39. The molecule has 0 aliphatic rings. The highest BCUT2D eigenvalue weighted by molar-refractivity contribution is 6.30. The maximum absolute atomic E-state index is 6.10. The van der Waals surface area contributed by atoms with Crippen LogP contribution in [0.1, 0.15) is 24.1 Å². The topological polar surface area (TPSA) is 12.0 Å². The van der Waals surface area contributed by atoms with Crippen molar-refractivity contribution in [2.45, 2.75) is 19.9 Å². The highest BCUT2D eigenvalue weighted by Gasteiger charge is 2.10. The zero-order valence-electron chi connectivity index (χ0n) is 12.2. The Kier molecular flexibility index (Phi) is 3.85. The van der Waals surface area contributed by atoms with Crippen molar-refractivity contribution in [3.8, 4) is 0 Å². The number of aryl methyl sites for hydroxylation is 1. The van der Waals surface area contributed by atoms with E-state index in [2.05, 4.69) is 61.6 Å². The minimum atomic E-state index is 0.216. The summed E-state index contributed by atoms with van der Waals surface area (Å²) in [6.45, 7) is 4.27. The van der Waals surface area contributed by atoms with Gasteiger partial charge in [-0.05, 0) is 47.9 Å². The molecule has 0 saturated heterocycles. The molecule has 0 fully saturated rings. The van der Waals surface area contributed by atoms with Crippen LogP contribution in [0.3, 0.4) is 0 Å². The van der Waals surface area contributed by atoms with Crippen molar-refractivity contribution < 1.29 is 0 Å². The first-order chi connectivity index (χ1) is 10.1. The summed E-state index contributed by atoms with van der Waals surface area (Å²) in [6.07, 6.45) is 0. The molecule has 2 heteroatoms. The molecule has 0 heterocycles. The molecule has 3 rings (SSSR count). The number of benzene rings is 3. The Bertz CT molecular complexity index is 774. The predicted octanol–water partition coefficient (Wildman–Crippen LogP) is 5.97. The van der Waals surface area contributed by atoms with Crippen molar-refractivity contribution in [3.05, 3.63) is 76.8 Å². The molecule has 1 atom stereocenters. The lowest BCUT2D eigenvalue weighted by Gasteiger charge is -2.19. The van der Waals surface area contributed by atoms with Crippen LogP contribution in [-0.4, -0.2) is 0 Å². The minimum Gasteiger partial charge on any atom is -0.378 e. The molecule has 3 aromatic carbocycles. The monoisotopic (exact) mass is 295 g/mol. The van der Waals surface area contributed by atoms with Gasteiger partial charge in [-0.2, -0.15) is 0 Å². The Hall–Kier alpha value is -1.99. The zero-order valence-corrected chi connectivity index (χ0v) is 13.0. The van der Waals surface area contributed by atoms with E-state index < -0.39 is 0 Å². The van der Waals surface area contributed by atoms with E-state index in [-0.39, 0.29) is 6.04 Å². The van der Waals surface area contributed by atoms with Gasteiger partial charge in [-0.25, -0.2) is 0 Å². The van der Waals surface area contributed by atoms with Gasteiger partial charge in [0.25, 0.3) is 0 Å². The maximum Gasteiger partial charge on any atom is 0.0491 e. The fraction of sp³-hybridized carbons (Fsp3) is 0.158. The number of hydrogen-bond donors (Lipinski definition) is 1. The summed E-state index contributed by atoms with van der Waals surface area (Å²) < 4.78 is 0. The van der Waals surface area contributed by atoms with Crippen LogP contribution in [0, 0.1) is 6.92 Å². The van der Waals surface area contributed by atoms with Gasteiger partial charge in [0.2, 0.25) is 0 Å². The predicted molar refractivity (Wildman–Crippen MR) is 92.2 cm³/mol. The molecular weight excluding hydrogens is 278 g/mol. The van der Waals surface area contributed by atoms with Gasteiger partial charge in [0.1, 0.15) is 0 Å². The van der Waals surface area contributed by atoms with Gasteiger partial charge in [-0.3, -0.25) is 0 Å². The lowest BCUT2D eigenvalue weighted by molar-refractivity contribution is 0.892. The quantitative estimate of drug-likeness (QED) is 0.627. The second-order valence-corrected chi connectivity index (χ2v) is 5.83. The van der Waals surface area contributed by atoms with E-state index in [0.29, 0.717) is 0 Å². The molecule has 0 amide bonds. The van der Waals surface area contributed by atoms with Crippen LogP contribution >= 0.6 is 11.6 Å². The van der Waals surface area contributed by atoms with Crippen molar-refractivity contribution in [1.82, 2.24) is 0 Å². The normalized spacial score (nSPS) is 12.3. The van der Waals surface area contributed by atoms with Crippen LogP contribution < -0.4 is 5.32 Å². The fourth-order valence-corrected chi connectivity index (χ4v) is 2.86. The summed E-state index contributed by atoms with van der Waals surface area (Å²) in [7, 11) is 0. The Labute approximate surface area is 130 Å². The molecule has 21 heavy (non-hydrogen) atoms. The van der Waals surface area contributed by atoms with Crippen LogP contribution in [-0.2, 0) is 0 Å². The highest BCUT2D eigenvalue weighted by atomic mass is 35.5. The summed E-state index contributed by atoms with van der Waals surface area (Å²) in [4.78, 5) is 0. The van der Waals surface area contributed by atoms with Crippen molar-refractivity contribution in [2.75, 3.05) is 5.32 Å². The number of rotatable bonds is 3. The van der Waals surface area contributed by atoms with Gasteiger partial charge in [0, 0.05) is 16.8 Å². The standard InChI is InChI=1S/C19H18ClN/c1-13-10-11-16(20)12-19(13)21-14(2)17-9-5-7-15-6-3-4-8-18(15)17/h3-12,14,21H,1-2H3. The number of anilines is 1. The number of halogens is 1. The van der Waals surface area contributed by atoms with E-state index in [4.69, 9.17) is 11.6 Å². The number of fused-ring (bicyclic) bond motifs is 1. The van der Waals surface area contributed by atoms with Gasteiger partial charge in [-0.15, -0.1) is 0 Å². The van der Waals surface area contributed by atoms with E-state index in [1.807, 2.05) is 18.2 Å². The lowest BCUT2D eigenvalue weighted by Crippen LogP contribution is -2.08. The van der Waals surface area contributed by atoms with Gasteiger partial charge in [-0.1, -0.05) is 60.1 Å². The van der Waals surface area contributed by atoms with Gasteiger partial charge >= 0.3 is 0 Å². The molecule has 1 nitrogen and oxygen atoms in total. The molecular formula is C19H18ClN. The van der Waals surface area contributed by atoms with E-state index in [1.165, 1.54) is 21.9 Å². The Morgan fingerprint density at radius 1 is 0.952 bits per heavy atom. The van der Waals surface area contributed by atoms with E-state index >= 15 is 0 Å². The summed E-state index contributed by atoms with van der Waals surface area (Å²) in [5.41, 5.74) is 3.59. The fourth-order valence-electron chi connectivity index (χ4n) is 2.69. The van der Waals surface area contributed by atoms with Crippen molar-refractivity contribution >= 4 is 28.1 Å². The molecule has 0 aliphatic carbocycles. The van der Waals surface area contributed by atoms with Crippen molar-refractivity contribution in [2.24, 2.45) is 0 Å². The van der Waals surface area contributed by atoms with Crippen LogP contribution in [0.4, 0.5) is 5.69 Å². The summed E-state index contributed by atoms with van der Waals surface area (Å²) >= 11 is 6.10. The smallest absolute Gasteiger partial charge is 0.0491 e. The third-order valence-electron chi connectivity index (χ3n) is 3.86. The molecule has 0 aromatic heterocycles. The van der Waals surface area contributed by atoms with E-state index in [1.54, 1.807) is 0 Å². The van der Waals surface area contributed by atoms with E-state index in [0.717, 1.165) is 10.7 Å². The SMILES string of the molecule is Cc1ccc(Cl)cc1NC(C)c1cccc2ccccc12. The van der Waals surface area contributed by atoms with Gasteiger partial charge in [0.05, 0.1) is 0 Å². The first kappa shape index (κ1) is 14.0. The van der Waals surface area contributed by atoms with Crippen molar-refractivity contribution in [3.63, 3.8) is 0 Å². The van der Waals surface area contributed by atoms with Crippen LogP contribution in [0.2, 0.25) is 5.02 Å². The zero-order chi connectivity index (χ0) is 14.8. The number of hydrogen-bond acceptors (Lipinski definition) is 1. The molecule has 106 valence electrons. The second kappa shape index (κ2) is 5.79. The van der Waals surface area contributed by atoms with Crippen molar-refractivity contribution in [1.29, 1.82) is 0 Å². The molecule has 0 radical (unpaired) electrons. The van der Waals surface area contributed by atoms with Gasteiger partial charge in [0.15, 0.2) is 0 Å². The van der Waals surface area contributed by atoms with Crippen LogP contribution in [0.15, 0.2) is 60.7 Å². The minimum absolute atomic E-state index is 0.216. The average Bonchev–Trinajstić information content (AvgIpc) is 2.50. The molecule has 1 unspecified atom stereocenters. The summed E-state index contributed by atoms with van der Waals surface area (Å²) in [6, 6.07) is 21.1. The Morgan fingerprint density at radius 2 is 1.71 bits per heavy atom. The molecule has 0 spiro atoms. The van der Waals surface area contributed by atoms with Gasteiger partial charge < -0.3 is 5.32 Å². The summed E-state index contributed by atoms with van der Waals surface area (Å²) in [5, 5.41) is 6.89. The van der Waals surface area contributed by atoms with E-state index in [9.17, 15) is 0 Å². The molecule has 3 aromatic rings. The molecule has 0 saturated carbocycles. The summed E-state index contributed by atoms with van der Waals surface area (Å²) in [5.74, 6) is 0. The van der Waals surface area contributed by atoms with Crippen LogP contribution in [0.25, 0.3) is 10.8 Å².